The zero-order valence-electron chi connectivity index (χ0n) is 19.0. The van der Waals surface area contributed by atoms with Crippen LogP contribution < -0.4 is 11.2 Å². The van der Waals surface area contributed by atoms with Gasteiger partial charge in [-0.15, -0.1) is 0 Å². The van der Waals surface area contributed by atoms with Crippen molar-refractivity contribution in [3.63, 3.8) is 0 Å². The van der Waals surface area contributed by atoms with Crippen LogP contribution in [0.25, 0.3) is 11.2 Å². The first-order valence-corrected chi connectivity index (χ1v) is 11.4. The van der Waals surface area contributed by atoms with Crippen molar-refractivity contribution < 1.29 is 9.50 Å². The molecule has 0 saturated carbocycles. The quantitative estimate of drug-likeness (QED) is 0.554. The molecule has 33 heavy (non-hydrogen) atoms. The molecule has 1 unspecified atom stereocenters. The van der Waals surface area contributed by atoms with Crippen molar-refractivity contribution in [1.29, 1.82) is 0 Å². The highest BCUT2D eigenvalue weighted by Crippen LogP contribution is 2.43. The van der Waals surface area contributed by atoms with Crippen LogP contribution in [-0.4, -0.2) is 30.4 Å². The van der Waals surface area contributed by atoms with Crippen molar-refractivity contribution in [2.24, 2.45) is 12.5 Å². The summed E-state index contributed by atoms with van der Waals surface area (Å²) in [6.45, 7) is 4.19. The third-order valence-corrected chi connectivity index (χ3v) is 6.58. The Labute approximate surface area is 195 Å². The van der Waals surface area contributed by atoms with Crippen molar-refractivity contribution >= 4 is 22.8 Å². The molecule has 3 aromatic rings. The predicted octanol–water partition coefficient (Wildman–Crippen LogP) is 3.52. The standard InChI is InChI=1S/C24H28ClFN4O3/c1-23(2)9-11-24(26,12-10-23)21-27-19-18(30(21)15-16-5-7-17(25)8-6-16)20(32)29(13-4-14-31)22(33)28(19)3/h5-9,11,31H,4,10,12-15H2,1-3H3. The number of allylic oxidation sites excluding steroid dienone is 2. The summed E-state index contributed by atoms with van der Waals surface area (Å²) in [5.41, 5.74) is -1.97. The number of rotatable bonds is 6. The van der Waals surface area contributed by atoms with Gasteiger partial charge in [0, 0.05) is 31.8 Å². The molecule has 4 rings (SSSR count). The van der Waals surface area contributed by atoms with E-state index in [0.717, 1.165) is 10.1 Å². The van der Waals surface area contributed by atoms with E-state index in [-0.39, 0.29) is 54.9 Å². The van der Waals surface area contributed by atoms with Crippen LogP contribution in [0, 0.1) is 5.41 Å². The summed E-state index contributed by atoms with van der Waals surface area (Å²) < 4.78 is 20.3. The first-order chi connectivity index (χ1) is 15.6. The summed E-state index contributed by atoms with van der Waals surface area (Å²) in [5, 5.41) is 9.78. The van der Waals surface area contributed by atoms with E-state index in [1.807, 2.05) is 32.1 Å². The molecule has 2 aromatic heterocycles. The number of halogens is 2. The van der Waals surface area contributed by atoms with Crippen molar-refractivity contribution in [1.82, 2.24) is 18.7 Å². The topological polar surface area (TPSA) is 82.0 Å². The molecule has 0 fully saturated rings. The third-order valence-electron chi connectivity index (χ3n) is 6.33. The predicted molar refractivity (Wildman–Crippen MR) is 126 cm³/mol. The van der Waals surface area contributed by atoms with Crippen LogP contribution in [0.4, 0.5) is 4.39 Å². The lowest BCUT2D eigenvalue weighted by atomic mass is 9.77. The van der Waals surface area contributed by atoms with E-state index in [1.165, 1.54) is 17.7 Å². The second kappa shape index (κ2) is 8.57. The molecule has 9 heteroatoms. The average molecular weight is 475 g/mol. The normalized spacial score (nSPS) is 19.9. The van der Waals surface area contributed by atoms with E-state index >= 15 is 4.39 Å². The SMILES string of the molecule is Cn1c(=O)n(CCCO)c(=O)c2c1nc(C1(F)C=CC(C)(C)CC1)n2Cc1ccc(Cl)cc1. The van der Waals surface area contributed by atoms with Gasteiger partial charge in [0.1, 0.15) is 0 Å². The number of alkyl halides is 1. The van der Waals surface area contributed by atoms with Gasteiger partial charge in [-0.25, -0.2) is 14.2 Å². The van der Waals surface area contributed by atoms with Crippen molar-refractivity contribution in [2.45, 2.75) is 51.9 Å². The number of benzene rings is 1. The summed E-state index contributed by atoms with van der Waals surface area (Å²) in [7, 11) is 1.52. The number of aromatic nitrogens is 4. The summed E-state index contributed by atoms with van der Waals surface area (Å²) in [6.07, 6.45) is 4.46. The van der Waals surface area contributed by atoms with Gasteiger partial charge in [-0.2, -0.15) is 0 Å². The van der Waals surface area contributed by atoms with Gasteiger partial charge in [-0.3, -0.25) is 13.9 Å². The highest BCUT2D eigenvalue weighted by atomic mass is 35.5. The zero-order valence-corrected chi connectivity index (χ0v) is 19.8. The van der Waals surface area contributed by atoms with Crippen LogP contribution in [0.1, 0.15) is 44.5 Å². The largest absolute Gasteiger partial charge is 0.396 e. The zero-order chi connectivity index (χ0) is 24.0. The van der Waals surface area contributed by atoms with Crippen molar-refractivity contribution in [3.05, 3.63) is 73.7 Å². The Bertz CT molecular complexity index is 1340. The molecule has 1 N–H and O–H groups in total. The molecule has 0 amide bonds. The van der Waals surface area contributed by atoms with E-state index in [1.54, 1.807) is 16.7 Å². The Kier molecular flexibility index (Phi) is 6.09. The molecule has 0 bridgehead atoms. The van der Waals surface area contributed by atoms with E-state index < -0.39 is 16.9 Å². The van der Waals surface area contributed by atoms with Gasteiger partial charge in [0.25, 0.3) is 5.56 Å². The van der Waals surface area contributed by atoms with Gasteiger partial charge in [0.15, 0.2) is 22.7 Å². The molecule has 1 atom stereocenters. The molecule has 1 aliphatic rings. The monoisotopic (exact) mass is 474 g/mol. The number of fused-ring (bicyclic) bond motifs is 1. The van der Waals surface area contributed by atoms with Crippen molar-refractivity contribution in [3.8, 4) is 0 Å². The van der Waals surface area contributed by atoms with Gasteiger partial charge in [-0.1, -0.05) is 43.7 Å². The summed E-state index contributed by atoms with van der Waals surface area (Å²) in [6, 6.07) is 7.10. The van der Waals surface area contributed by atoms with Crippen LogP contribution >= 0.6 is 11.6 Å². The fraction of sp³-hybridized carbons (Fsp3) is 0.458. The van der Waals surface area contributed by atoms with Crippen LogP contribution in [-0.2, 0) is 25.8 Å². The number of nitrogens with zero attached hydrogens (tertiary/aromatic N) is 4. The smallest absolute Gasteiger partial charge is 0.332 e. The molecule has 176 valence electrons. The third kappa shape index (κ3) is 4.29. The number of aliphatic hydroxyl groups is 1. The molecule has 2 heterocycles. The Balaban J connectivity index is 2.00. The van der Waals surface area contributed by atoms with Gasteiger partial charge in [-0.05, 0) is 48.4 Å². The lowest BCUT2D eigenvalue weighted by Crippen LogP contribution is -2.40. The second-order valence-corrected chi connectivity index (χ2v) is 9.82. The average Bonchev–Trinajstić information content (AvgIpc) is 3.16. The van der Waals surface area contributed by atoms with Crippen LogP contribution in [0.15, 0.2) is 46.0 Å². The molecule has 0 spiro atoms. The first-order valence-electron chi connectivity index (χ1n) is 11.0. The molecular formula is C24H28ClFN4O3. The van der Waals surface area contributed by atoms with E-state index in [9.17, 15) is 14.7 Å². The maximum atomic E-state index is 16.4. The summed E-state index contributed by atoms with van der Waals surface area (Å²) in [5.74, 6) is 0.103. The first kappa shape index (κ1) is 23.4. The summed E-state index contributed by atoms with van der Waals surface area (Å²) in [4.78, 5) is 30.8. The Morgan fingerprint density at radius 3 is 2.42 bits per heavy atom. The number of imidazole rings is 1. The maximum absolute atomic E-state index is 16.4. The fourth-order valence-electron chi connectivity index (χ4n) is 4.26. The minimum Gasteiger partial charge on any atom is -0.396 e. The number of aliphatic hydroxyl groups excluding tert-OH is 1. The van der Waals surface area contributed by atoms with Gasteiger partial charge >= 0.3 is 5.69 Å². The molecule has 1 aliphatic carbocycles. The number of hydrogen-bond acceptors (Lipinski definition) is 4. The Morgan fingerprint density at radius 2 is 1.82 bits per heavy atom. The van der Waals surface area contributed by atoms with E-state index in [0.29, 0.717) is 11.4 Å². The Morgan fingerprint density at radius 1 is 1.12 bits per heavy atom. The number of hydrogen-bond donors (Lipinski definition) is 1. The minimum atomic E-state index is -1.88. The van der Waals surface area contributed by atoms with E-state index in [4.69, 9.17) is 11.6 Å². The van der Waals surface area contributed by atoms with Gasteiger partial charge < -0.3 is 9.67 Å². The Hall–Kier alpha value is -2.71. The molecular weight excluding hydrogens is 447 g/mol. The van der Waals surface area contributed by atoms with Crippen LogP contribution in [0.3, 0.4) is 0 Å². The lowest BCUT2D eigenvalue weighted by Gasteiger charge is -2.32. The summed E-state index contributed by atoms with van der Waals surface area (Å²) >= 11 is 6.02. The van der Waals surface area contributed by atoms with Crippen LogP contribution in [0.2, 0.25) is 5.02 Å². The lowest BCUT2D eigenvalue weighted by molar-refractivity contribution is 0.158. The van der Waals surface area contributed by atoms with Gasteiger partial charge in [0.05, 0.1) is 0 Å². The fourth-order valence-corrected chi connectivity index (χ4v) is 4.38. The molecule has 1 aromatic carbocycles. The van der Waals surface area contributed by atoms with Crippen LogP contribution in [0.5, 0.6) is 0 Å². The molecule has 0 radical (unpaired) electrons. The molecule has 0 aliphatic heterocycles. The maximum Gasteiger partial charge on any atom is 0.332 e. The minimum absolute atomic E-state index is 0.0638. The van der Waals surface area contributed by atoms with Crippen molar-refractivity contribution in [2.75, 3.05) is 6.61 Å². The molecule has 7 nitrogen and oxygen atoms in total. The highest BCUT2D eigenvalue weighted by molar-refractivity contribution is 6.30. The number of aryl methyl sites for hydroxylation is 1. The van der Waals surface area contributed by atoms with E-state index in [2.05, 4.69) is 4.98 Å². The van der Waals surface area contributed by atoms with Gasteiger partial charge in [0.2, 0.25) is 0 Å². The molecule has 0 saturated heterocycles. The second-order valence-electron chi connectivity index (χ2n) is 9.38. The highest BCUT2D eigenvalue weighted by Gasteiger charge is 2.40.